The second-order valence-electron chi connectivity index (χ2n) is 2.33. The number of hydrogen-bond donors (Lipinski definition) is 0. The lowest BCUT2D eigenvalue weighted by atomic mass is 10.5. The third-order valence-corrected chi connectivity index (χ3v) is 6.32. The Bertz CT molecular complexity index is 185. The lowest BCUT2D eigenvalue weighted by molar-refractivity contribution is -0.131. The molecule has 13 heteroatoms. The molecule has 1 heterocycles. The molecule has 0 spiro atoms. The molecule has 0 aliphatic carbocycles. The van der Waals surface area contributed by atoms with Crippen LogP contribution in [0.5, 0.6) is 0 Å². The van der Waals surface area contributed by atoms with Crippen molar-refractivity contribution in [2.24, 2.45) is 0 Å². The highest BCUT2D eigenvalue weighted by atomic mass is 28.4. The Kier molecular flexibility index (Phi) is 7.27. The van der Waals surface area contributed by atoms with Crippen LogP contribution in [0.4, 0.5) is 13.2 Å². The van der Waals surface area contributed by atoms with E-state index in [0.717, 1.165) is 0 Å². The van der Waals surface area contributed by atoms with Crippen molar-refractivity contribution in [1.29, 1.82) is 0 Å². The third-order valence-electron chi connectivity index (χ3n) is 1.17. The van der Waals surface area contributed by atoms with E-state index in [1.807, 2.05) is 0 Å². The van der Waals surface area contributed by atoms with E-state index in [4.69, 9.17) is 20.6 Å². The van der Waals surface area contributed by atoms with E-state index >= 15 is 0 Å². The van der Waals surface area contributed by atoms with Crippen molar-refractivity contribution >= 4 is 49.3 Å². The molecule has 0 N–H and O–H groups in total. The first kappa shape index (κ1) is 14.7. The summed E-state index contributed by atoms with van der Waals surface area (Å²) < 4.78 is 60.6. The third kappa shape index (κ3) is 7.87. The number of rotatable bonds is 2. The summed E-state index contributed by atoms with van der Waals surface area (Å²) in [7, 11) is -3.11. The van der Waals surface area contributed by atoms with Crippen molar-refractivity contribution in [3.63, 3.8) is 0 Å². The Labute approximate surface area is 102 Å². The van der Waals surface area contributed by atoms with Crippen molar-refractivity contribution < 1.29 is 33.7 Å². The minimum Gasteiger partial charge on any atom is -0.413 e. The van der Waals surface area contributed by atoms with E-state index in [2.05, 4.69) is 0 Å². The summed E-state index contributed by atoms with van der Waals surface area (Å²) in [6, 6.07) is -0.173. The molecule has 87 valence electrons. The highest BCUT2D eigenvalue weighted by molar-refractivity contribution is 6.59. The van der Waals surface area contributed by atoms with Crippen LogP contribution in [0.1, 0.15) is 6.42 Å². The van der Waals surface area contributed by atoms with Crippen LogP contribution in [-0.4, -0.2) is 55.5 Å². The predicted molar refractivity (Wildman–Crippen MR) is 49.7 cm³/mol. The molecule has 9 radical (unpaired) electrons. The van der Waals surface area contributed by atoms with Crippen LogP contribution < -0.4 is 0 Å². The number of alkyl halides is 3. The lowest BCUT2D eigenvalue weighted by Crippen LogP contribution is -2.33. The maximum Gasteiger partial charge on any atom is 0.412 e. The van der Waals surface area contributed by atoms with Gasteiger partial charge in [-0.3, -0.25) is 0 Å². The minimum absolute atomic E-state index is 0.173. The summed E-state index contributed by atoms with van der Waals surface area (Å²) in [5.74, 6) is 0. The van der Waals surface area contributed by atoms with Gasteiger partial charge in [0, 0.05) is 6.42 Å². The van der Waals surface area contributed by atoms with E-state index in [1.54, 1.807) is 0 Å². The van der Waals surface area contributed by atoms with Gasteiger partial charge in [0.1, 0.15) is 0 Å². The molecule has 1 fully saturated rings. The van der Waals surface area contributed by atoms with Gasteiger partial charge < -0.3 is 20.6 Å². The standard InChI is InChI=1S/C3H4F3O5Si5/c4-3(5,6)1-2-16-10-14-8-12-7-13-9-15-11-16/h1-2H2. The Balaban J connectivity index is 2.25. The van der Waals surface area contributed by atoms with Gasteiger partial charge in [-0.15, -0.1) is 0 Å². The van der Waals surface area contributed by atoms with E-state index in [1.165, 1.54) is 0 Å². The van der Waals surface area contributed by atoms with Crippen LogP contribution in [0.25, 0.3) is 0 Å². The van der Waals surface area contributed by atoms with Crippen molar-refractivity contribution in [3.05, 3.63) is 0 Å². The molecule has 1 aliphatic heterocycles. The highest BCUT2D eigenvalue weighted by Gasteiger charge is 2.31. The van der Waals surface area contributed by atoms with Crippen LogP contribution in [0.2, 0.25) is 6.04 Å². The molecule has 1 rings (SSSR count). The molecule has 1 saturated heterocycles. The van der Waals surface area contributed by atoms with Gasteiger partial charge in [-0.2, -0.15) is 13.2 Å². The topological polar surface area (TPSA) is 46.2 Å². The monoisotopic (exact) mass is 317 g/mol. The van der Waals surface area contributed by atoms with Crippen molar-refractivity contribution in [2.45, 2.75) is 18.6 Å². The van der Waals surface area contributed by atoms with Crippen LogP contribution in [0.3, 0.4) is 0 Å². The van der Waals surface area contributed by atoms with Gasteiger partial charge in [-0.1, -0.05) is 0 Å². The summed E-state index contributed by atoms with van der Waals surface area (Å²) in [6.07, 6.45) is -5.11. The SMILES string of the molecule is FC(F)(F)CC[Si]1O[Si]O[Si]O[Si]O[Si]O1. The molecule has 1 aliphatic rings. The van der Waals surface area contributed by atoms with E-state index < -0.39 is 21.9 Å². The molecule has 0 aromatic heterocycles. The fourth-order valence-corrected chi connectivity index (χ4v) is 5.76. The van der Waals surface area contributed by atoms with Crippen LogP contribution >= 0.6 is 0 Å². The number of halogens is 3. The van der Waals surface area contributed by atoms with Crippen LogP contribution in [0.15, 0.2) is 0 Å². The molecule has 0 aromatic rings. The summed E-state index contributed by atoms with van der Waals surface area (Å²) in [5.41, 5.74) is 0. The number of hydrogen-bond acceptors (Lipinski definition) is 5. The van der Waals surface area contributed by atoms with Gasteiger partial charge in [0.15, 0.2) is 0 Å². The summed E-state index contributed by atoms with van der Waals surface area (Å²) in [4.78, 5) is 0. The molecular weight excluding hydrogens is 313 g/mol. The first-order chi connectivity index (χ1) is 7.58. The molecular formula is C3H4F3O5Si5. The van der Waals surface area contributed by atoms with Gasteiger partial charge >= 0.3 is 55.5 Å². The molecule has 0 saturated carbocycles. The average Bonchev–Trinajstić information content (AvgIpc) is 2.22. The fourth-order valence-electron chi connectivity index (χ4n) is 0.594. The largest absolute Gasteiger partial charge is 0.413 e. The lowest BCUT2D eigenvalue weighted by Gasteiger charge is -2.16. The summed E-state index contributed by atoms with van der Waals surface area (Å²) >= 11 is 0. The van der Waals surface area contributed by atoms with Gasteiger partial charge in [0.05, 0.1) is 0 Å². The molecule has 0 bridgehead atoms. The summed E-state index contributed by atoms with van der Waals surface area (Å²) in [6.45, 7) is 0. The molecule has 0 aromatic carbocycles. The zero-order chi connectivity index (χ0) is 11.9. The van der Waals surface area contributed by atoms with E-state index in [9.17, 15) is 13.2 Å². The van der Waals surface area contributed by atoms with Crippen molar-refractivity contribution in [2.75, 3.05) is 0 Å². The molecule has 0 atom stereocenters. The van der Waals surface area contributed by atoms with Crippen LogP contribution in [-0.2, 0) is 20.6 Å². The molecule has 0 unspecified atom stereocenters. The van der Waals surface area contributed by atoms with Gasteiger partial charge in [-0.05, 0) is 6.04 Å². The van der Waals surface area contributed by atoms with Crippen molar-refractivity contribution in [1.82, 2.24) is 0 Å². The quantitative estimate of drug-likeness (QED) is 0.652. The first-order valence-corrected chi connectivity index (χ1v) is 8.60. The Morgan fingerprint density at radius 1 is 0.875 bits per heavy atom. The van der Waals surface area contributed by atoms with Gasteiger partial charge in [0.25, 0.3) is 0 Å². The van der Waals surface area contributed by atoms with E-state index in [-0.39, 0.29) is 46.1 Å². The van der Waals surface area contributed by atoms with E-state index in [0.29, 0.717) is 0 Å². The van der Waals surface area contributed by atoms with Gasteiger partial charge in [-0.25, -0.2) is 0 Å². The zero-order valence-electron chi connectivity index (χ0n) is 7.59. The fraction of sp³-hybridized carbons (Fsp3) is 1.00. The second-order valence-corrected chi connectivity index (χ2v) is 8.32. The first-order valence-electron chi connectivity index (χ1n) is 3.82. The van der Waals surface area contributed by atoms with Crippen LogP contribution in [0, 0.1) is 0 Å². The maximum atomic E-state index is 12.0. The Morgan fingerprint density at radius 3 is 1.88 bits per heavy atom. The highest BCUT2D eigenvalue weighted by Crippen LogP contribution is 2.22. The van der Waals surface area contributed by atoms with Gasteiger partial charge in [0.2, 0.25) is 0 Å². The minimum atomic E-state index is -4.19. The summed E-state index contributed by atoms with van der Waals surface area (Å²) in [5, 5.41) is 0. The van der Waals surface area contributed by atoms with Crippen molar-refractivity contribution in [3.8, 4) is 0 Å². The smallest absolute Gasteiger partial charge is 0.412 e. The average molecular weight is 317 g/mol. The molecule has 0 amide bonds. The molecule has 5 nitrogen and oxygen atoms in total. The maximum absolute atomic E-state index is 12.0. The zero-order valence-corrected chi connectivity index (χ0v) is 12.6. The second kappa shape index (κ2) is 7.90. The molecule has 16 heavy (non-hydrogen) atoms. The Morgan fingerprint density at radius 2 is 1.38 bits per heavy atom. The predicted octanol–water partition coefficient (Wildman–Crippen LogP) is -0.340. The normalized spacial score (nSPS) is 21.9. The Hall–Kier alpha value is 0.674.